The van der Waals surface area contributed by atoms with E-state index in [1.807, 2.05) is 0 Å². The molecule has 0 aliphatic heterocycles. The number of para-hydroxylation sites is 3. The van der Waals surface area contributed by atoms with E-state index in [9.17, 15) is 0 Å². The summed E-state index contributed by atoms with van der Waals surface area (Å²) in [6, 6.07) is 59.9. The summed E-state index contributed by atoms with van der Waals surface area (Å²) in [6.07, 6.45) is 4.29. The Morgan fingerprint density at radius 2 is 1.00 bits per heavy atom. The lowest BCUT2D eigenvalue weighted by atomic mass is 9.74. The Labute approximate surface area is 311 Å². The molecule has 1 atom stereocenters. The van der Waals surface area contributed by atoms with Crippen molar-refractivity contribution in [2.45, 2.75) is 50.9 Å². The third-order valence-electron chi connectivity index (χ3n) is 11.8. The third-order valence-corrected chi connectivity index (χ3v) is 11.8. The molecule has 0 saturated heterocycles. The normalized spacial score (nSPS) is 16.1. The molecule has 8 aromatic rings. The number of rotatable bonds is 7. The van der Waals surface area contributed by atoms with Gasteiger partial charge in [0.2, 0.25) is 0 Å². The Morgan fingerprint density at radius 3 is 1.53 bits per heavy atom. The van der Waals surface area contributed by atoms with Crippen molar-refractivity contribution in [3.8, 4) is 0 Å². The van der Waals surface area contributed by atoms with Crippen LogP contribution in [0.3, 0.4) is 0 Å². The van der Waals surface area contributed by atoms with Crippen LogP contribution in [0, 0.1) is 0 Å². The molecule has 3 heteroatoms. The van der Waals surface area contributed by atoms with Crippen LogP contribution >= 0.6 is 0 Å². The zero-order valence-corrected chi connectivity index (χ0v) is 30.3. The molecule has 1 spiro atoms. The van der Waals surface area contributed by atoms with Gasteiger partial charge in [-0.3, -0.25) is 0 Å². The molecule has 0 saturated carbocycles. The fraction of sp³-hybridized carbons (Fsp3) is 0.160. The number of hydrogen-bond donors (Lipinski definition) is 0. The maximum Gasteiger partial charge on any atom is 0.137 e. The van der Waals surface area contributed by atoms with Gasteiger partial charge in [0, 0.05) is 45.0 Å². The monoisotopic (exact) mass is 686 g/mol. The quantitative estimate of drug-likeness (QED) is 0.166. The lowest BCUT2D eigenvalue weighted by Gasteiger charge is -2.37. The highest BCUT2D eigenvalue weighted by molar-refractivity contribution is 6.08. The van der Waals surface area contributed by atoms with Crippen LogP contribution in [0.1, 0.15) is 60.4 Å². The summed E-state index contributed by atoms with van der Waals surface area (Å²) in [5, 5.41) is 2.40. The highest BCUT2D eigenvalue weighted by Gasteiger charge is 2.49. The molecule has 0 unspecified atom stereocenters. The van der Waals surface area contributed by atoms with Gasteiger partial charge in [-0.2, -0.15) is 0 Å². The Morgan fingerprint density at radius 1 is 0.491 bits per heavy atom. The summed E-state index contributed by atoms with van der Waals surface area (Å²) < 4.78 is 6.63. The average molecular weight is 687 g/mol. The van der Waals surface area contributed by atoms with E-state index < -0.39 is 0 Å². The summed E-state index contributed by atoms with van der Waals surface area (Å²) in [4.78, 5) is 4.96. The highest BCUT2D eigenvalue weighted by Crippen LogP contribution is 2.60. The van der Waals surface area contributed by atoms with Crippen LogP contribution in [0.15, 0.2) is 168 Å². The predicted molar refractivity (Wildman–Crippen MR) is 221 cm³/mol. The van der Waals surface area contributed by atoms with E-state index in [2.05, 4.69) is 187 Å². The zero-order valence-electron chi connectivity index (χ0n) is 30.3. The first-order valence-electron chi connectivity index (χ1n) is 19.1. The van der Waals surface area contributed by atoms with E-state index in [1.165, 1.54) is 61.3 Å². The van der Waals surface area contributed by atoms with Crippen molar-refractivity contribution < 1.29 is 4.42 Å². The molecule has 0 amide bonds. The topological polar surface area (TPSA) is 19.6 Å². The summed E-state index contributed by atoms with van der Waals surface area (Å²) in [6.45, 7) is 4.52. The van der Waals surface area contributed by atoms with Gasteiger partial charge in [-0.25, -0.2) is 0 Å². The molecule has 7 aromatic carbocycles. The number of fused-ring (bicyclic) bond motifs is 7. The van der Waals surface area contributed by atoms with Crippen LogP contribution in [0.4, 0.5) is 34.1 Å². The molecule has 1 aromatic heterocycles. The van der Waals surface area contributed by atoms with Crippen molar-refractivity contribution in [3.63, 3.8) is 0 Å². The smallest absolute Gasteiger partial charge is 0.137 e. The third kappa shape index (κ3) is 5.02. The molecule has 2 aliphatic carbocycles. The van der Waals surface area contributed by atoms with E-state index in [4.69, 9.17) is 4.42 Å². The van der Waals surface area contributed by atoms with Gasteiger partial charge >= 0.3 is 0 Å². The zero-order chi connectivity index (χ0) is 35.5. The Balaban J connectivity index is 1.19. The van der Waals surface area contributed by atoms with Gasteiger partial charge in [0.15, 0.2) is 0 Å². The van der Waals surface area contributed by atoms with Crippen LogP contribution in [0.2, 0.25) is 0 Å². The van der Waals surface area contributed by atoms with E-state index in [0.717, 1.165) is 48.2 Å². The van der Waals surface area contributed by atoms with Crippen LogP contribution in [0.25, 0.3) is 21.9 Å². The first-order chi connectivity index (χ1) is 26.1. The second kappa shape index (κ2) is 12.6. The van der Waals surface area contributed by atoms with E-state index in [0.29, 0.717) is 5.92 Å². The Kier molecular flexibility index (Phi) is 7.50. The second-order valence-corrected chi connectivity index (χ2v) is 15.0. The van der Waals surface area contributed by atoms with Crippen molar-refractivity contribution in [2.75, 3.05) is 9.80 Å². The van der Waals surface area contributed by atoms with Gasteiger partial charge in [0.25, 0.3) is 0 Å². The van der Waals surface area contributed by atoms with Crippen molar-refractivity contribution in [1.82, 2.24) is 0 Å². The first-order valence-corrected chi connectivity index (χ1v) is 19.1. The van der Waals surface area contributed by atoms with Gasteiger partial charge in [-0.05, 0) is 126 Å². The SMILES string of the molecule is CC(C)c1cccc2oc3cc(N(c4ccccc4)c4cccc5c4[C@]4(CCc6cccc(N(c7ccccc7)c7ccccc7)c64)CC5)ccc3c12. The minimum absolute atomic E-state index is 0.137. The maximum atomic E-state index is 6.63. The molecule has 53 heavy (non-hydrogen) atoms. The molecule has 0 radical (unpaired) electrons. The van der Waals surface area contributed by atoms with Crippen LogP contribution in [-0.4, -0.2) is 0 Å². The predicted octanol–water partition coefficient (Wildman–Crippen LogP) is 13.8. The van der Waals surface area contributed by atoms with Gasteiger partial charge < -0.3 is 14.2 Å². The van der Waals surface area contributed by atoms with Crippen molar-refractivity contribution >= 4 is 56.1 Å². The highest BCUT2D eigenvalue weighted by atomic mass is 16.3. The average Bonchev–Trinajstić information content (AvgIpc) is 3.90. The van der Waals surface area contributed by atoms with Crippen molar-refractivity contribution in [1.29, 1.82) is 0 Å². The molecular weight excluding hydrogens is 645 g/mol. The largest absolute Gasteiger partial charge is 0.456 e. The standard InChI is InChI=1S/C50H42N2O/c1-34(2)41-23-14-26-45-47(41)42-28-27-40(33-46(42)53-45)52(39-21-10-5-11-22-39)44-25-13-16-36-30-32-50(49(36)44)31-29-35-15-12-24-43(48(35)50)51(37-17-6-3-7-18-37)38-19-8-4-9-20-38/h3-28,33-34H,29-32H2,1-2H3/t50-/m1/s1. The van der Waals surface area contributed by atoms with Gasteiger partial charge in [-0.15, -0.1) is 0 Å². The summed E-state index contributed by atoms with van der Waals surface area (Å²) in [5.41, 5.74) is 16.0. The fourth-order valence-electron chi connectivity index (χ4n) is 9.56. The lowest BCUT2D eigenvalue weighted by Crippen LogP contribution is -2.27. The number of nitrogens with zero attached hydrogens (tertiary/aromatic N) is 2. The lowest BCUT2D eigenvalue weighted by molar-refractivity contribution is 0.508. The summed E-state index contributed by atoms with van der Waals surface area (Å²) >= 11 is 0. The molecule has 0 bridgehead atoms. The van der Waals surface area contributed by atoms with Gasteiger partial charge in [0.1, 0.15) is 11.2 Å². The fourth-order valence-corrected chi connectivity index (χ4v) is 9.56. The number of anilines is 6. The first kappa shape index (κ1) is 31.7. The number of hydrogen-bond acceptors (Lipinski definition) is 3. The van der Waals surface area contributed by atoms with Gasteiger partial charge in [-0.1, -0.05) is 105 Å². The Hall–Kier alpha value is -6.06. The second-order valence-electron chi connectivity index (χ2n) is 15.0. The maximum absolute atomic E-state index is 6.63. The molecule has 3 nitrogen and oxygen atoms in total. The van der Waals surface area contributed by atoms with Crippen LogP contribution in [0.5, 0.6) is 0 Å². The van der Waals surface area contributed by atoms with Gasteiger partial charge in [0.05, 0.1) is 11.4 Å². The molecule has 258 valence electrons. The van der Waals surface area contributed by atoms with Crippen molar-refractivity contribution in [3.05, 3.63) is 192 Å². The molecule has 10 rings (SSSR count). The Bertz CT molecular complexity index is 2560. The number of benzene rings is 7. The van der Waals surface area contributed by atoms with E-state index in [-0.39, 0.29) is 5.41 Å². The molecule has 0 fully saturated rings. The summed E-state index contributed by atoms with van der Waals surface area (Å²) in [7, 11) is 0. The van der Waals surface area contributed by atoms with Crippen molar-refractivity contribution in [2.24, 2.45) is 0 Å². The minimum atomic E-state index is -0.137. The number of aryl methyl sites for hydroxylation is 2. The summed E-state index contributed by atoms with van der Waals surface area (Å²) in [5.74, 6) is 0.405. The minimum Gasteiger partial charge on any atom is -0.456 e. The number of furan rings is 1. The van der Waals surface area contributed by atoms with Crippen LogP contribution in [-0.2, 0) is 18.3 Å². The molecule has 0 N–H and O–H groups in total. The van der Waals surface area contributed by atoms with E-state index >= 15 is 0 Å². The molecular formula is C50H42N2O. The molecule has 2 aliphatic rings. The van der Waals surface area contributed by atoms with Crippen LogP contribution < -0.4 is 9.80 Å². The van der Waals surface area contributed by atoms with E-state index in [1.54, 1.807) is 0 Å². The molecule has 1 heterocycles.